The van der Waals surface area contributed by atoms with Crippen LogP contribution < -0.4 is 15.4 Å². The van der Waals surface area contributed by atoms with E-state index in [0.29, 0.717) is 28.0 Å². The van der Waals surface area contributed by atoms with Crippen molar-refractivity contribution in [1.82, 2.24) is 20.2 Å². The molecule has 9 heteroatoms. The van der Waals surface area contributed by atoms with Gasteiger partial charge < -0.3 is 15.4 Å². The average molecular weight is 342 g/mol. The molecule has 0 fully saturated rings. The molecule has 122 valence electrons. The van der Waals surface area contributed by atoms with Crippen LogP contribution in [0.5, 0.6) is 5.75 Å². The molecule has 2 N–H and O–H groups in total. The summed E-state index contributed by atoms with van der Waals surface area (Å²) >= 11 is 4.16. The number of carbonyl (C=O) groups is 1. The highest BCUT2D eigenvalue weighted by Gasteiger charge is 2.07. The molecule has 0 bridgehead atoms. The van der Waals surface area contributed by atoms with Gasteiger partial charge in [0.2, 0.25) is 5.16 Å². The number of nitrogens with zero attached hydrogens (tertiary/aromatic N) is 4. The highest BCUT2D eigenvalue weighted by Crippen LogP contribution is 2.18. The molecule has 0 atom stereocenters. The van der Waals surface area contributed by atoms with Gasteiger partial charge in [-0.3, -0.25) is 0 Å². The van der Waals surface area contributed by atoms with E-state index in [-0.39, 0.29) is 6.03 Å². The van der Waals surface area contributed by atoms with Gasteiger partial charge in [0.25, 0.3) is 0 Å². The lowest BCUT2D eigenvalue weighted by Crippen LogP contribution is -2.19. The van der Waals surface area contributed by atoms with Crippen LogP contribution in [-0.2, 0) is 0 Å². The number of ether oxygens (including phenoxy) is 1. The Labute approximate surface area is 143 Å². The van der Waals surface area contributed by atoms with Gasteiger partial charge in [-0.1, -0.05) is 12.1 Å². The van der Waals surface area contributed by atoms with Crippen LogP contribution >= 0.6 is 12.6 Å². The van der Waals surface area contributed by atoms with Crippen molar-refractivity contribution in [1.29, 1.82) is 0 Å². The first-order valence-electron chi connectivity index (χ1n) is 6.95. The van der Waals surface area contributed by atoms with Crippen molar-refractivity contribution in [3.8, 4) is 11.4 Å². The molecule has 0 saturated heterocycles. The number of tetrazole rings is 1. The molecule has 1 heterocycles. The fraction of sp³-hybridized carbons (Fsp3) is 0.0667. The molecular weight excluding hydrogens is 328 g/mol. The van der Waals surface area contributed by atoms with Crippen molar-refractivity contribution in [2.45, 2.75) is 5.16 Å². The predicted molar refractivity (Wildman–Crippen MR) is 92.0 cm³/mol. The van der Waals surface area contributed by atoms with Crippen LogP contribution in [-0.4, -0.2) is 33.3 Å². The van der Waals surface area contributed by atoms with Gasteiger partial charge in [-0.05, 0) is 40.8 Å². The Kier molecular flexibility index (Phi) is 4.62. The van der Waals surface area contributed by atoms with E-state index in [4.69, 9.17) is 4.74 Å². The number of thiol groups is 1. The SMILES string of the molecule is COc1cccc(NC(=O)Nc2cccc(-n3nnnc3S)c2)c1. The van der Waals surface area contributed by atoms with Crippen molar-refractivity contribution in [2.24, 2.45) is 0 Å². The number of methoxy groups -OCH3 is 1. The second kappa shape index (κ2) is 7.01. The van der Waals surface area contributed by atoms with Crippen LogP contribution in [0.3, 0.4) is 0 Å². The van der Waals surface area contributed by atoms with Gasteiger partial charge in [-0.25, -0.2) is 4.79 Å². The van der Waals surface area contributed by atoms with Crippen molar-refractivity contribution in [3.05, 3.63) is 48.5 Å². The quantitative estimate of drug-likeness (QED) is 0.634. The molecule has 0 radical (unpaired) electrons. The molecule has 3 rings (SSSR count). The zero-order valence-electron chi connectivity index (χ0n) is 12.7. The highest BCUT2D eigenvalue weighted by molar-refractivity contribution is 7.80. The van der Waals surface area contributed by atoms with E-state index in [1.807, 2.05) is 0 Å². The first kappa shape index (κ1) is 15.8. The van der Waals surface area contributed by atoms with E-state index in [1.54, 1.807) is 55.6 Å². The molecule has 8 nitrogen and oxygen atoms in total. The molecule has 0 aliphatic carbocycles. The lowest BCUT2D eigenvalue weighted by Gasteiger charge is -2.10. The Bertz CT molecular complexity index is 866. The van der Waals surface area contributed by atoms with Gasteiger partial charge >= 0.3 is 6.03 Å². The predicted octanol–water partition coefficient (Wildman–Crippen LogP) is 2.60. The van der Waals surface area contributed by atoms with Gasteiger partial charge in [0.1, 0.15) is 5.75 Å². The fourth-order valence-electron chi connectivity index (χ4n) is 2.06. The second-order valence-corrected chi connectivity index (χ2v) is 5.15. The first-order valence-corrected chi connectivity index (χ1v) is 7.40. The van der Waals surface area contributed by atoms with Crippen molar-refractivity contribution in [3.63, 3.8) is 0 Å². The van der Waals surface area contributed by atoms with E-state index in [1.165, 1.54) is 4.68 Å². The maximum atomic E-state index is 12.1. The largest absolute Gasteiger partial charge is 0.497 e. The summed E-state index contributed by atoms with van der Waals surface area (Å²) in [5.74, 6) is 0.662. The molecule has 24 heavy (non-hydrogen) atoms. The summed E-state index contributed by atoms with van der Waals surface area (Å²) in [6.45, 7) is 0. The zero-order chi connectivity index (χ0) is 16.9. The Balaban J connectivity index is 1.71. The number of carbonyl (C=O) groups excluding carboxylic acids is 1. The summed E-state index contributed by atoms with van der Waals surface area (Å²) in [5.41, 5.74) is 1.90. The Hall–Kier alpha value is -3.07. The van der Waals surface area contributed by atoms with Crippen molar-refractivity contribution >= 4 is 30.0 Å². The number of hydrogen-bond donors (Lipinski definition) is 3. The molecule has 1 aromatic heterocycles. The van der Waals surface area contributed by atoms with Crippen LogP contribution in [0.4, 0.5) is 16.2 Å². The van der Waals surface area contributed by atoms with Crippen LogP contribution in [0.15, 0.2) is 53.7 Å². The maximum Gasteiger partial charge on any atom is 0.323 e. The molecule has 0 aliphatic rings. The number of nitrogens with one attached hydrogen (secondary N) is 2. The minimum absolute atomic E-state index is 0.355. The monoisotopic (exact) mass is 342 g/mol. The summed E-state index contributed by atoms with van der Waals surface area (Å²) < 4.78 is 6.58. The number of rotatable bonds is 4. The molecule has 0 unspecified atom stereocenters. The molecule has 0 spiro atoms. The number of urea groups is 1. The normalized spacial score (nSPS) is 10.2. The van der Waals surface area contributed by atoms with Gasteiger partial charge in [0, 0.05) is 17.4 Å². The summed E-state index contributed by atoms with van der Waals surface area (Å²) in [6, 6.07) is 13.8. The average Bonchev–Trinajstić information content (AvgIpc) is 3.01. The zero-order valence-corrected chi connectivity index (χ0v) is 13.6. The first-order chi connectivity index (χ1) is 11.7. The lowest BCUT2D eigenvalue weighted by atomic mass is 10.3. The molecule has 2 aromatic carbocycles. The molecule has 3 aromatic rings. The van der Waals surface area contributed by atoms with E-state index in [0.717, 1.165) is 0 Å². The maximum absolute atomic E-state index is 12.1. The second-order valence-electron chi connectivity index (χ2n) is 4.75. The highest BCUT2D eigenvalue weighted by atomic mass is 32.1. The summed E-state index contributed by atoms with van der Waals surface area (Å²) in [4.78, 5) is 12.1. The topological polar surface area (TPSA) is 94.0 Å². The van der Waals surface area contributed by atoms with Crippen molar-refractivity contribution < 1.29 is 9.53 Å². The van der Waals surface area contributed by atoms with Gasteiger partial charge in [-0.15, -0.1) is 17.7 Å². The Morgan fingerprint density at radius 2 is 1.83 bits per heavy atom. The lowest BCUT2D eigenvalue weighted by molar-refractivity contribution is 0.262. The summed E-state index contributed by atoms with van der Waals surface area (Å²) in [7, 11) is 1.57. The summed E-state index contributed by atoms with van der Waals surface area (Å²) in [5, 5.41) is 16.9. The smallest absolute Gasteiger partial charge is 0.323 e. The summed E-state index contributed by atoms with van der Waals surface area (Å²) in [6.07, 6.45) is 0. The van der Waals surface area contributed by atoms with Crippen LogP contribution in [0, 0.1) is 0 Å². The molecule has 0 saturated carbocycles. The molecular formula is C15H14N6O2S. The minimum atomic E-state index is -0.372. The number of hydrogen-bond acceptors (Lipinski definition) is 6. The minimum Gasteiger partial charge on any atom is -0.497 e. The third kappa shape index (κ3) is 3.63. The number of anilines is 2. The van der Waals surface area contributed by atoms with E-state index >= 15 is 0 Å². The molecule has 2 amide bonds. The van der Waals surface area contributed by atoms with Gasteiger partial charge in [0.15, 0.2) is 0 Å². The van der Waals surface area contributed by atoms with Crippen molar-refractivity contribution in [2.75, 3.05) is 17.7 Å². The van der Waals surface area contributed by atoms with Crippen LogP contribution in [0.25, 0.3) is 5.69 Å². The Morgan fingerprint density at radius 1 is 1.12 bits per heavy atom. The van der Waals surface area contributed by atoms with E-state index < -0.39 is 0 Å². The number of aromatic nitrogens is 4. The van der Waals surface area contributed by atoms with Crippen LogP contribution in [0.2, 0.25) is 0 Å². The third-order valence-corrected chi connectivity index (χ3v) is 3.41. The fourth-order valence-corrected chi connectivity index (χ4v) is 2.25. The van der Waals surface area contributed by atoms with Gasteiger partial charge in [-0.2, -0.15) is 4.68 Å². The third-order valence-electron chi connectivity index (χ3n) is 3.13. The van der Waals surface area contributed by atoms with E-state index in [2.05, 4.69) is 38.8 Å². The Morgan fingerprint density at radius 3 is 2.50 bits per heavy atom. The van der Waals surface area contributed by atoms with Crippen LogP contribution in [0.1, 0.15) is 0 Å². The van der Waals surface area contributed by atoms with Gasteiger partial charge in [0.05, 0.1) is 12.8 Å². The standard InChI is InChI=1S/C15H14N6O2S/c1-23-13-7-3-5-11(9-13)17-14(22)16-10-4-2-6-12(8-10)21-15(24)18-19-20-21/h2-9H,1H3,(H2,16,17,22)(H,18,20,24). The molecule has 0 aliphatic heterocycles. The van der Waals surface area contributed by atoms with E-state index in [9.17, 15) is 4.79 Å². The number of amides is 2. The number of benzene rings is 2.